The van der Waals surface area contributed by atoms with Crippen LogP contribution >= 0.6 is 22.9 Å². The Morgan fingerprint density at radius 2 is 1.53 bits per heavy atom. The fraction of sp³-hybridized carbons (Fsp3) is 0.0417. The van der Waals surface area contributed by atoms with E-state index in [4.69, 9.17) is 11.6 Å². The summed E-state index contributed by atoms with van der Waals surface area (Å²) in [6.07, 6.45) is 0.807. The number of H-pyrrole nitrogens is 1. The van der Waals surface area contributed by atoms with Gasteiger partial charge in [-0.15, -0.1) is 16.4 Å². The predicted molar refractivity (Wildman–Crippen MR) is 123 cm³/mol. The Kier molecular flexibility index (Phi) is 5.13. The molecule has 0 spiro atoms. The van der Waals surface area contributed by atoms with Gasteiger partial charge in [0, 0.05) is 16.3 Å². The smallest absolute Gasteiger partial charge is 0.189 e. The van der Waals surface area contributed by atoms with Crippen molar-refractivity contribution in [3.8, 4) is 33.0 Å². The second-order valence-electron chi connectivity index (χ2n) is 6.91. The molecule has 0 fully saturated rings. The van der Waals surface area contributed by atoms with Gasteiger partial charge >= 0.3 is 0 Å². The SMILES string of the molecule is Clc1ccc(Cc2sc(-c3nnn[nH]3)cc2-c2ccccc2-c2ccccc2)cc1. The Labute approximate surface area is 183 Å². The maximum Gasteiger partial charge on any atom is 0.189 e. The number of hydrogen-bond donors (Lipinski definition) is 1. The van der Waals surface area contributed by atoms with Crippen LogP contribution in [0.3, 0.4) is 0 Å². The van der Waals surface area contributed by atoms with Crippen LogP contribution in [0.1, 0.15) is 10.4 Å². The summed E-state index contributed by atoms with van der Waals surface area (Å²) in [5, 5.41) is 15.2. The summed E-state index contributed by atoms with van der Waals surface area (Å²) in [5.74, 6) is 0.681. The molecule has 0 radical (unpaired) electrons. The highest BCUT2D eigenvalue weighted by atomic mass is 35.5. The Morgan fingerprint density at radius 3 is 2.27 bits per heavy atom. The fourth-order valence-corrected chi connectivity index (χ4v) is 4.81. The third kappa shape index (κ3) is 3.77. The summed E-state index contributed by atoms with van der Waals surface area (Å²) in [6.45, 7) is 0. The van der Waals surface area contributed by atoms with Gasteiger partial charge in [-0.2, -0.15) is 0 Å². The van der Waals surface area contributed by atoms with E-state index in [1.807, 2.05) is 18.2 Å². The van der Waals surface area contributed by atoms with Crippen LogP contribution < -0.4 is 0 Å². The van der Waals surface area contributed by atoms with Crippen LogP contribution in [-0.2, 0) is 6.42 Å². The van der Waals surface area contributed by atoms with Crippen molar-refractivity contribution in [2.45, 2.75) is 6.42 Å². The molecule has 0 unspecified atom stereocenters. The second kappa shape index (κ2) is 8.22. The average Bonchev–Trinajstić information content (AvgIpc) is 3.46. The van der Waals surface area contributed by atoms with Crippen LogP contribution in [-0.4, -0.2) is 20.6 Å². The lowest BCUT2D eigenvalue weighted by molar-refractivity contribution is 0.881. The van der Waals surface area contributed by atoms with Crippen LogP contribution in [0, 0.1) is 0 Å². The van der Waals surface area contributed by atoms with Gasteiger partial charge in [0.05, 0.1) is 4.88 Å². The molecule has 5 aromatic rings. The molecule has 0 atom stereocenters. The van der Waals surface area contributed by atoms with E-state index in [-0.39, 0.29) is 0 Å². The minimum absolute atomic E-state index is 0.681. The highest BCUT2D eigenvalue weighted by Crippen LogP contribution is 2.41. The molecule has 5 rings (SSSR count). The third-order valence-corrected chi connectivity index (χ3v) is 6.36. The standard InChI is InChI=1S/C24H17ClN4S/c25-18-12-10-16(11-13-18)14-22-21(15-23(30-22)24-26-28-29-27-24)20-9-5-4-8-19(20)17-6-2-1-3-7-17/h1-13,15H,14H2,(H,26,27,28,29). The van der Waals surface area contributed by atoms with E-state index in [1.54, 1.807) is 11.3 Å². The number of tetrazole rings is 1. The van der Waals surface area contributed by atoms with E-state index in [2.05, 4.69) is 87.4 Å². The largest absolute Gasteiger partial charge is 0.238 e. The molecule has 146 valence electrons. The van der Waals surface area contributed by atoms with Crippen LogP contribution in [0.5, 0.6) is 0 Å². The molecule has 0 saturated heterocycles. The second-order valence-corrected chi connectivity index (χ2v) is 8.49. The van der Waals surface area contributed by atoms with E-state index in [9.17, 15) is 0 Å². The van der Waals surface area contributed by atoms with E-state index >= 15 is 0 Å². The van der Waals surface area contributed by atoms with E-state index in [1.165, 1.54) is 32.7 Å². The summed E-state index contributed by atoms with van der Waals surface area (Å²) in [4.78, 5) is 2.27. The van der Waals surface area contributed by atoms with Crippen molar-refractivity contribution in [3.05, 3.63) is 100 Å². The van der Waals surface area contributed by atoms with E-state index in [0.29, 0.717) is 5.82 Å². The quantitative estimate of drug-likeness (QED) is 0.347. The number of aromatic amines is 1. The number of thiophene rings is 1. The third-order valence-electron chi connectivity index (χ3n) is 4.97. The van der Waals surface area contributed by atoms with Gasteiger partial charge < -0.3 is 0 Å². The van der Waals surface area contributed by atoms with Gasteiger partial charge in [0.1, 0.15) is 0 Å². The van der Waals surface area contributed by atoms with Crippen molar-refractivity contribution in [2.24, 2.45) is 0 Å². The minimum atomic E-state index is 0.681. The fourth-order valence-electron chi connectivity index (χ4n) is 3.54. The maximum absolute atomic E-state index is 6.08. The number of benzene rings is 3. The Morgan fingerprint density at radius 1 is 0.800 bits per heavy atom. The molecule has 0 amide bonds. The monoisotopic (exact) mass is 428 g/mol. The lowest BCUT2D eigenvalue weighted by Gasteiger charge is -2.11. The van der Waals surface area contributed by atoms with Gasteiger partial charge in [0.25, 0.3) is 0 Å². The summed E-state index contributed by atoms with van der Waals surface area (Å²) >= 11 is 7.79. The Hall–Kier alpha value is -3.28. The molecule has 0 saturated carbocycles. The number of nitrogens with one attached hydrogen (secondary N) is 1. The minimum Gasteiger partial charge on any atom is -0.238 e. The van der Waals surface area contributed by atoms with Crippen molar-refractivity contribution < 1.29 is 0 Å². The van der Waals surface area contributed by atoms with Gasteiger partial charge in [0.2, 0.25) is 0 Å². The molecule has 4 nitrogen and oxygen atoms in total. The topological polar surface area (TPSA) is 54.5 Å². The number of aromatic nitrogens is 4. The van der Waals surface area contributed by atoms with Gasteiger partial charge in [-0.3, -0.25) is 0 Å². The summed E-state index contributed by atoms with van der Waals surface area (Å²) in [7, 11) is 0. The molecule has 1 N–H and O–H groups in total. The average molecular weight is 429 g/mol. The molecule has 0 bridgehead atoms. The zero-order chi connectivity index (χ0) is 20.3. The molecule has 6 heteroatoms. The number of halogens is 1. The van der Waals surface area contributed by atoms with Crippen molar-refractivity contribution >= 4 is 22.9 Å². The Balaban J connectivity index is 1.65. The summed E-state index contributed by atoms with van der Waals surface area (Å²) < 4.78 is 0. The van der Waals surface area contributed by atoms with Crippen LogP contribution in [0.25, 0.3) is 33.0 Å². The maximum atomic E-state index is 6.08. The zero-order valence-corrected chi connectivity index (χ0v) is 17.5. The van der Waals surface area contributed by atoms with Crippen molar-refractivity contribution in [3.63, 3.8) is 0 Å². The van der Waals surface area contributed by atoms with E-state index < -0.39 is 0 Å². The normalized spacial score (nSPS) is 11.0. The molecule has 30 heavy (non-hydrogen) atoms. The van der Waals surface area contributed by atoms with Crippen LogP contribution in [0.2, 0.25) is 5.02 Å². The highest BCUT2D eigenvalue weighted by Gasteiger charge is 2.17. The number of hydrogen-bond acceptors (Lipinski definition) is 4. The van der Waals surface area contributed by atoms with Crippen molar-refractivity contribution in [2.75, 3.05) is 0 Å². The Bertz CT molecular complexity index is 1260. The van der Waals surface area contributed by atoms with Gasteiger partial charge in [-0.05, 0) is 56.4 Å². The summed E-state index contributed by atoms with van der Waals surface area (Å²) in [6, 6.07) is 29.2. The molecule has 2 aromatic heterocycles. The summed E-state index contributed by atoms with van der Waals surface area (Å²) in [5.41, 5.74) is 6.00. The van der Waals surface area contributed by atoms with Crippen molar-refractivity contribution in [1.82, 2.24) is 20.6 Å². The van der Waals surface area contributed by atoms with Gasteiger partial charge in [-0.25, -0.2) is 5.10 Å². The van der Waals surface area contributed by atoms with Gasteiger partial charge in [-0.1, -0.05) is 78.3 Å². The molecular formula is C24H17ClN4S. The molecule has 3 aromatic carbocycles. The number of rotatable bonds is 5. The first-order valence-electron chi connectivity index (χ1n) is 9.54. The van der Waals surface area contributed by atoms with Crippen molar-refractivity contribution in [1.29, 1.82) is 0 Å². The van der Waals surface area contributed by atoms with Gasteiger partial charge in [0.15, 0.2) is 5.82 Å². The first kappa shape index (κ1) is 18.7. The molecule has 0 aliphatic heterocycles. The highest BCUT2D eigenvalue weighted by molar-refractivity contribution is 7.16. The predicted octanol–water partition coefficient (Wildman–Crippen LogP) is 6.51. The molecular weight excluding hydrogens is 412 g/mol. The molecule has 0 aliphatic carbocycles. The van der Waals surface area contributed by atoms with Crippen LogP contribution in [0.4, 0.5) is 0 Å². The van der Waals surface area contributed by atoms with Crippen LogP contribution in [0.15, 0.2) is 84.9 Å². The lowest BCUT2D eigenvalue weighted by atomic mass is 9.93. The first-order valence-corrected chi connectivity index (χ1v) is 10.7. The zero-order valence-electron chi connectivity index (χ0n) is 15.9. The lowest BCUT2D eigenvalue weighted by Crippen LogP contribution is -1.90. The van der Waals surface area contributed by atoms with E-state index in [0.717, 1.165) is 16.3 Å². The molecule has 0 aliphatic rings. The number of nitrogens with zero attached hydrogens (tertiary/aromatic N) is 3. The first-order chi connectivity index (χ1) is 14.8. The molecule has 2 heterocycles.